The van der Waals surface area contributed by atoms with Crippen LogP contribution in [0.3, 0.4) is 0 Å². The van der Waals surface area contributed by atoms with Crippen molar-refractivity contribution in [2.75, 3.05) is 0 Å². The molecular formula is C11H11N3O3. The van der Waals surface area contributed by atoms with Crippen molar-refractivity contribution in [1.29, 1.82) is 0 Å². The van der Waals surface area contributed by atoms with E-state index >= 15 is 0 Å². The van der Waals surface area contributed by atoms with E-state index in [4.69, 9.17) is 10.8 Å². The minimum absolute atomic E-state index is 0.338. The number of para-hydroxylation sites is 1. The summed E-state index contributed by atoms with van der Waals surface area (Å²) in [6.45, 7) is 0. The zero-order chi connectivity index (χ0) is 12.4. The largest absolute Gasteiger partial charge is 0.480 e. The van der Waals surface area contributed by atoms with Crippen LogP contribution in [0.4, 0.5) is 0 Å². The number of imidazole rings is 1. The summed E-state index contributed by atoms with van der Waals surface area (Å²) in [6.07, 6.45) is 3.00. The van der Waals surface area contributed by atoms with Crippen molar-refractivity contribution in [1.82, 2.24) is 9.55 Å². The minimum Gasteiger partial charge on any atom is -0.480 e. The molecule has 2 rings (SSSR count). The molecule has 17 heavy (non-hydrogen) atoms. The fraction of sp³-hybridized carbons (Fsp3) is 0.0909. The summed E-state index contributed by atoms with van der Waals surface area (Å²) in [7, 11) is 0. The fourth-order valence-corrected chi connectivity index (χ4v) is 1.61. The molecular weight excluding hydrogens is 222 g/mol. The molecule has 1 unspecified atom stereocenters. The van der Waals surface area contributed by atoms with Crippen LogP contribution in [0.1, 0.15) is 11.6 Å². The number of aromatic nitrogens is 2. The first-order chi connectivity index (χ1) is 8.11. The predicted octanol–water partition coefficient (Wildman–Crippen LogP) is 0.250. The molecule has 1 aromatic heterocycles. The summed E-state index contributed by atoms with van der Waals surface area (Å²) in [4.78, 5) is 24.9. The Labute approximate surface area is 96.3 Å². The molecule has 0 saturated heterocycles. The lowest BCUT2D eigenvalue weighted by Crippen LogP contribution is -2.24. The number of carboxylic acids is 1. The van der Waals surface area contributed by atoms with Crippen molar-refractivity contribution in [3.05, 3.63) is 52.7 Å². The molecule has 1 atom stereocenters. The van der Waals surface area contributed by atoms with Crippen molar-refractivity contribution in [2.45, 2.75) is 6.04 Å². The number of nitrogens with one attached hydrogen (secondary N) is 1. The van der Waals surface area contributed by atoms with Crippen LogP contribution in [0.15, 0.2) is 41.5 Å². The van der Waals surface area contributed by atoms with Gasteiger partial charge in [0.15, 0.2) is 0 Å². The lowest BCUT2D eigenvalue weighted by atomic mass is 10.1. The van der Waals surface area contributed by atoms with E-state index in [9.17, 15) is 9.59 Å². The van der Waals surface area contributed by atoms with Gasteiger partial charge in [-0.25, -0.2) is 4.79 Å². The molecule has 1 heterocycles. The number of nitrogens with zero attached hydrogens (tertiary/aromatic N) is 1. The highest BCUT2D eigenvalue weighted by Gasteiger charge is 2.18. The van der Waals surface area contributed by atoms with Crippen LogP contribution in [-0.2, 0) is 4.79 Å². The Kier molecular flexibility index (Phi) is 2.80. The van der Waals surface area contributed by atoms with Crippen molar-refractivity contribution in [2.24, 2.45) is 5.73 Å². The number of benzene rings is 1. The molecule has 6 heteroatoms. The second-order valence-electron chi connectivity index (χ2n) is 3.51. The fourth-order valence-electron chi connectivity index (χ4n) is 1.61. The monoisotopic (exact) mass is 233 g/mol. The first kappa shape index (κ1) is 11.2. The summed E-state index contributed by atoms with van der Waals surface area (Å²) in [5.74, 6) is -1.14. The van der Waals surface area contributed by atoms with Gasteiger partial charge in [-0.2, -0.15) is 0 Å². The van der Waals surface area contributed by atoms with E-state index in [2.05, 4.69) is 4.98 Å². The van der Waals surface area contributed by atoms with Crippen LogP contribution in [0.5, 0.6) is 0 Å². The SMILES string of the molecule is NC(C(=O)O)c1ccccc1-n1cc[nH]c1=O. The van der Waals surface area contributed by atoms with Gasteiger partial charge in [0.2, 0.25) is 0 Å². The molecule has 0 aliphatic heterocycles. The standard InChI is InChI=1S/C11H11N3O3/c12-9(10(15)16)7-3-1-2-4-8(7)14-6-5-13-11(14)17/h1-6,9H,12H2,(H,13,17)(H,15,16). The molecule has 0 aliphatic carbocycles. The van der Waals surface area contributed by atoms with Crippen molar-refractivity contribution in [3.63, 3.8) is 0 Å². The Morgan fingerprint density at radius 1 is 1.41 bits per heavy atom. The lowest BCUT2D eigenvalue weighted by Gasteiger charge is -2.12. The summed E-state index contributed by atoms with van der Waals surface area (Å²) in [5.41, 5.74) is 6.09. The first-order valence-corrected chi connectivity index (χ1v) is 4.95. The Morgan fingerprint density at radius 2 is 2.12 bits per heavy atom. The number of aromatic amines is 1. The van der Waals surface area contributed by atoms with Gasteiger partial charge in [-0.3, -0.25) is 9.36 Å². The van der Waals surface area contributed by atoms with Gasteiger partial charge in [0, 0.05) is 18.0 Å². The average Bonchev–Trinajstić information content (AvgIpc) is 2.74. The normalized spacial score (nSPS) is 12.3. The Bertz CT molecular complexity index is 600. The first-order valence-electron chi connectivity index (χ1n) is 4.95. The predicted molar refractivity (Wildman–Crippen MR) is 61.0 cm³/mol. The second-order valence-corrected chi connectivity index (χ2v) is 3.51. The number of carbonyl (C=O) groups is 1. The van der Waals surface area contributed by atoms with Crippen molar-refractivity contribution >= 4 is 5.97 Å². The average molecular weight is 233 g/mol. The number of hydrogen-bond donors (Lipinski definition) is 3. The molecule has 0 amide bonds. The molecule has 6 nitrogen and oxygen atoms in total. The van der Waals surface area contributed by atoms with E-state index in [0.29, 0.717) is 11.3 Å². The van der Waals surface area contributed by atoms with Gasteiger partial charge in [-0.1, -0.05) is 18.2 Å². The molecule has 0 radical (unpaired) electrons. The van der Waals surface area contributed by atoms with Gasteiger partial charge in [-0.05, 0) is 6.07 Å². The molecule has 1 aromatic carbocycles. The molecule has 0 aliphatic rings. The third-order valence-electron chi connectivity index (χ3n) is 2.45. The number of nitrogens with two attached hydrogens (primary N) is 1. The zero-order valence-corrected chi connectivity index (χ0v) is 8.83. The molecule has 0 spiro atoms. The molecule has 0 saturated carbocycles. The van der Waals surface area contributed by atoms with Gasteiger partial charge in [0.05, 0.1) is 5.69 Å². The highest BCUT2D eigenvalue weighted by Crippen LogP contribution is 2.18. The third-order valence-corrected chi connectivity index (χ3v) is 2.45. The van der Waals surface area contributed by atoms with E-state index < -0.39 is 12.0 Å². The summed E-state index contributed by atoms with van der Waals surface area (Å²) < 4.78 is 1.32. The number of hydrogen-bond acceptors (Lipinski definition) is 3. The zero-order valence-electron chi connectivity index (χ0n) is 8.83. The van der Waals surface area contributed by atoms with Crippen molar-refractivity contribution < 1.29 is 9.90 Å². The Morgan fingerprint density at radius 3 is 2.71 bits per heavy atom. The van der Waals surface area contributed by atoms with Crippen molar-refractivity contribution in [3.8, 4) is 5.69 Å². The minimum atomic E-state index is -1.16. The smallest absolute Gasteiger partial charge is 0.330 e. The number of aliphatic carboxylic acids is 1. The third kappa shape index (κ3) is 1.98. The molecule has 0 bridgehead atoms. The van der Waals surface area contributed by atoms with E-state index in [1.54, 1.807) is 24.3 Å². The van der Waals surface area contributed by atoms with Gasteiger partial charge >= 0.3 is 11.7 Å². The van der Waals surface area contributed by atoms with Gasteiger partial charge in [0.25, 0.3) is 0 Å². The van der Waals surface area contributed by atoms with Crippen LogP contribution in [0.2, 0.25) is 0 Å². The van der Waals surface area contributed by atoms with Gasteiger partial charge in [0.1, 0.15) is 6.04 Å². The summed E-state index contributed by atoms with van der Waals surface area (Å²) in [5, 5.41) is 8.91. The van der Waals surface area contributed by atoms with Crippen LogP contribution in [0.25, 0.3) is 5.69 Å². The molecule has 0 fully saturated rings. The molecule has 2 aromatic rings. The lowest BCUT2D eigenvalue weighted by molar-refractivity contribution is -0.138. The summed E-state index contributed by atoms with van der Waals surface area (Å²) >= 11 is 0. The van der Waals surface area contributed by atoms with Gasteiger partial charge < -0.3 is 15.8 Å². The topological polar surface area (TPSA) is 101 Å². The number of rotatable bonds is 3. The van der Waals surface area contributed by atoms with Crippen LogP contribution < -0.4 is 11.4 Å². The van der Waals surface area contributed by atoms with E-state index in [1.165, 1.54) is 17.0 Å². The second kappa shape index (κ2) is 4.26. The Balaban J connectivity index is 2.60. The number of carboxylic acid groups (broad SMARTS) is 1. The van der Waals surface area contributed by atoms with E-state index in [-0.39, 0.29) is 5.69 Å². The highest BCUT2D eigenvalue weighted by atomic mass is 16.4. The summed E-state index contributed by atoms with van der Waals surface area (Å²) in [6, 6.07) is 5.47. The highest BCUT2D eigenvalue weighted by molar-refractivity contribution is 5.76. The number of H-pyrrole nitrogens is 1. The van der Waals surface area contributed by atoms with Crippen LogP contribution >= 0.6 is 0 Å². The van der Waals surface area contributed by atoms with E-state index in [0.717, 1.165) is 0 Å². The molecule has 4 N–H and O–H groups in total. The maximum absolute atomic E-state index is 11.5. The van der Waals surface area contributed by atoms with Gasteiger partial charge in [-0.15, -0.1) is 0 Å². The molecule has 88 valence electrons. The van der Waals surface area contributed by atoms with Crippen LogP contribution in [0, 0.1) is 0 Å². The maximum Gasteiger partial charge on any atom is 0.330 e. The quantitative estimate of drug-likeness (QED) is 0.707. The van der Waals surface area contributed by atoms with Crippen LogP contribution in [-0.4, -0.2) is 20.6 Å². The van der Waals surface area contributed by atoms with E-state index in [1.807, 2.05) is 0 Å². The Hall–Kier alpha value is -2.34. The maximum atomic E-state index is 11.5.